The molecule has 1 heterocycles. The molecule has 1 amide bonds. The van der Waals surface area contributed by atoms with Crippen molar-refractivity contribution in [3.63, 3.8) is 0 Å². The standard InChI is InChI=1S/C12H9BrClN3O/c1-7-4-8(2-3-9(7)13)12(18)17-11-6-15-10(14)5-16-11/h2-6H,1H3,(H,16,17,18). The maximum atomic E-state index is 11.9. The van der Waals surface area contributed by atoms with E-state index in [9.17, 15) is 4.79 Å². The number of hydrogen-bond acceptors (Lipinski definition) is 3. The van der Waals surface area contributed by atoms with E-state index in [0.717, 1.165) is 10.0 Å². The number of aromatic nitrogens is 2. The maximum Gasteiger partial charge on any atom is 0.256 e. The number of nitrogens with zero attached hydrogens (tertiary/aromatic N) is 2. The summed E-state index contributed by atoms with van der Waals surface area (Å²) in [6, 6.07) is 5.36. The summed E-state index contributed by atoms with van der Waals surface area (Å²) in [5.74, 6) is 0.132. The normalized spacial score (nSPS) is 10.2. The van der Waals surface area contributed by atoms with E-state index in [-0.39, 0.29) is 11.1 Å². The Balaban J connectivity index is 2.16. The Labute approximate surface area is 118 Å². The van der Waals surface area contributed by atoms with Crippen molar-refractivity contribution in [1.82, 2.24) is 9.97 Å². The molecule has 4 nitrogen and oxygen atoms in total. The molecule has 0 aliphatic rings. The van der Waals surface area contributed by atoms with Crippen LogP contribution in [0.5, 0.6) is 0 Å². The fourth-order valence-corrected chi connectivity index (χ4v) is 1.70. The molecule has 6 heteroatoms. The molecule has 0 aliphatic heterocycles. The lowest BCUT2D eigenvalue weighted by Crippen LogP contribution is -2.13. The number of aryl methyl sites for hydroxylation is 1. The molecule has 0 aliphatic carbocycles. The summed E-state index contributed by atoms with van der Waals surface area (Å²) in [6.07, 6.45) is 2.79. The van der Waals surface area contributed by atoms with Crippen molar-refractivity contribution in [2.24, 2.45) is 0 Å². The lowest BCUT2D eigenvalue weighted by atomic mass is 10.1. The van der Waals surface area contributed by atoms with Crippen LogP contribution in [-0.4, -0.2) is 15.9 Å². The number of benzene rings is 1. The number of rotatable bonds is 2. The summed E-state index contributed by atoms with van der Waals surface area (Å²) in [7, 11) is 0. The second-order valence-corrected chi connectivity index (χ2v) is 4.88. The van der Waals surface area contributed by atoms with Crippen LogP contribution >= 0.6 is 27.5 Å². The van der Waals surface area contributed by atoms with Crippen LogP contribution in [0.25, 0.3) is 0 Å². The Morgan fingerprint density at radius 2 is 2.11 bits per heavy atom. The van der Waals surface area contributed by atoms with Crippen LogP contribution < -0.4 is 5.32 Å². The van der Waals surface area contributed by atoms with E-state index in [1.807, 2.05) is 13.0 Å². The highest BCUT2D eigenvalue weighted by atomic mass is 79.9. The van der Waals surface area contributed by atoms with Crippen molar-refractivity contribution in [3.8, 4) is 0 Å². The molecule has 0 spiro atoms. The van der Waals surface area contributed by atoms with Gasteiger partial charge in [0.25, 0.3) is 5.91 Å². The third kappa shape index (κ3) is 3.05. The van der Waals surface area contributed by atoms with E-state index in [1.54, 1.807) is 12.1 Å². The molecule has 0 saturated heterocycles. The van der Waals surface area contributed by atoms with Crippen molar-refractivity contribution in [1.29, 1.82) is 0 Å². The quantitative estimate of drug-likeness (QED) is 0.919. The number of carbonyl (C=O) groups excluding carboxylic acids is 1. The van der Waals surface area contributed by atoms with Crippen molar-refractivity contribution in [2.75, 3.05) is 5.32 Å². The second kappa shape index (κ2) is 5.46. The minimum absolute atomic E-state index is 0.234. The fourth-order valence-electron chi connectivity index (χ4n) is 1.35. The van der Waals surface area contributed by atoms with Crippen LogP contribution in [0.15, 0.2) is 35.1 Å². The Hall–Kier alpha value is -1.46. The molecular formula is C12H9BrClN3O. The summed E-state index contributed by atoms with van der Waals surface area (Å²) in [4.78, 5) is 19.7. The van der Waals surface area contributed by atoms with Gasteiger partial charge in [0.2, 0.25) is 0 Å². The number of hydrogen-bond donors (Lipinski definition) is 1. The predicted molar refractivity (Wildman–Crippen MR) is 73.9 cm³/mol. The summed E-state index contributed by atoms with van der Waals surface area (Å²) in [6.45, 7) is 1.92. The average molecular weight is 327 g/mol. The van der Waals surface area contributed by atoms with Gasteiger partial charge in [-0.1, -0.05) is 27.5 Å². The molecule has 1 N–H and O–H groups in total. The third-order valence-corrected chi connectivity index (χ3v) is 3.37. The number of halogens is 2. The molecule has 2 aromatic rings. The van der Waals surface area contributed by atoms with Gasteiger partial charge in [0.15, 0.2) is 5.82 Å². The van der Waals surface area contributed by atoms with Gasteiger partial charge < -0.3 is 5.32 Å². The van der Waals surface area contributed by atoms with Gasteiger partial charge >= 0.3 is 0 Å². The highest BCUT2D eigenvalue weighted by Gasteiger charge is 2.08. The first-order valence-electron chi connectivity index (χ1n) is 5.11. The Kier molecular flexibility index (Phi) is 3.93. The van der Waals surface area contributed by atoms with Crippen molar-refractivity contribution in [3.05, 3.63) is 51.3 Å². The van der Waals surface area contributed by atoms with Crippen molar-refractivity contribution in [2.45, 2.75) is 6.92 Å². The van der Waals surface area contributed by atoms with Crippen LogP contribution in [0, 0.1) is 6.92 Å². The molecule has 0 saturated carbocycles. The Bertz CT molecular complexity index is 586. The zero-order valence-corrected chi connectivity index (χ0v) is 11.8. The van der Waals surface area contributed by atoms with Gasteiger partial charge in [-0.05, 0) is 30.7 Å². The summed E-state index contributed by atoms with van der Waals surface area (Å²) in [5, 5.41) is 2.93. The first-order chi connectivity index (χ1) is 8.56. The molecule has 0 bridgehead atoms. The minimum atomic E-state index is -0.234. The van der Waals surface area contributed by atoms with Gasteiger partial charge in [0, 0.05) is 10.0 Å². The Morgan fingerprint density at radius 3 is 2.72 bits per heavy atom. The van der Waals surface area contributed by atoms with Gasteiger partial charge in [-0.15, -0.1) is 0 Å². The van der Waals surface area contributed by atoms with E-state index in [2.05, 4.69) is 31.2 Å². The molecule has 1 aromatic carbocycles. The number of anilines is 1. The molecule has 1 aromatic heterocycles. The second-order valence-electron chi connectivity index (χ2n) is 3.64. The van der Waals surface area contributed by atoms with E-state index in [4.69, 9.17) is 11.6 Å². The summed E-state index contributed by atoms with van der Waals surface area (Å²) < 4.78 is 0.963. The van der Waals surface area contributed by atoms with Gasteiger partial charge in [-0.2, -0.15) is 0 Å². The molecule has 0 fully saturated rings. The minimum Gasteiger partial charge on any atom is -0.305 e. The summed E-state index contributed by atoms with van der Waals surface area (Å²) >= 11 is 9.00. The van der Waals surface area contributed by atoms with Crippen LogP contribution in [0.3, 0.4) is 0 Å². The first-order valence-corrected chi connectivity index (χ1v) is 6.28. The SMILES string of the molecule is Cc1cc(C(=O)Nc2cnc(Cl)cn2)ccc1Br. The highest BCUT2D eigenvalue weighted by Crippen LogP contribution is 2.17. The van der Waals surface area contributed by atoms with Crippen LogP contribution in [-0.2, 0) is 0 Å². The molecule has 0 unspecified atom stereocenters. The number of amides is 1. The lowest BCUT2D eigenvalue weighted by molar-refractivity contribution is 0.102. The first kappa shape index (κ1) is 13.0. The maximum absolute atomic E-state index is 11.9. The van der Waals surface area contributed by atoms with E-state index in [0.29, 0.717) is 11.4 Å². The third-order valence-electron chi connectivity index (χ3n) is 2.28. The van der Waals surface area contributed by atoms with Crippen molar-refractivity contribution >= 4 is 39.3 Å². The largest absolute Gasteiger partial charge is 0.305 e. The van der Waals surface area contributed by atoms with Gasteiger partial charge in [-0.25, -0.2) is 9.97 Å². The monoisotopic (exact) mass is 325 g/mol. The van der Waals surface area contributed by atoms with E-state index in [1.165, 1.54) is 12.4 Å². The topological polar surface area (TPSA) is 54.9 Å². The van der Waals surface area contributed by atoms with E-state index < -0.39 is 0 Å². The predicted octanol–water partition coefficient (Wildman–Crippen LogP) is 3.45. The molecular weight excluding hydrogens is 318 g/mol. The highest BCUT2D eigenvalue weighted by molar-refractivity contribution is 9.10. The molecule has 2 rings (SSSR count). The van der Waals surface area contributed by atoms with Gasteiger partial charge in [0.05, 0.1) is 12.4 Å². The van der Waals surface area contributed by atoms with Crippen LogP contribution in [0.4, 0.5) is 5.82 Å². The van der Waals surface area contributed by atoms with Gasteiger partial charge in [0.1, 0.15) is 5.15 Å². The fraction of sp³-hybridized carbons (Fsp3) is 0.0833. The molecule has 92 valence electrons. The molecule has 0 radical (unpaired) electrons. The number of nitrogens with one attached hydrogen (secondary N) is 1. The Morgan fingerprint density at radius 1 is 1.33 bits per heavy atom. The molecule has 18 heavy (non-hydrogen) atoms. The summed E-state index contributed by atoms with van der Waals surface area (Å²) in [5.41, 5.74) is 1.55. The van der Waals surface area contributed by atoms with Crippen LogP contribution in [0.2, 0.25) is 5.15 Å². The zero-order valence-electron chi connectivity index (χ0n) is 9.45. The smallest absolute Gasteiger partial charge is 0.256 e. The average Bonchev–Trinajstić information content (AvgIpc) is 2.35. The van der Waals surface area contributed by atoms with Crippen molar-refractivity contribution < 1.29 is 4.79 Å². The van der Waals surface area contributed by atoms with E-state index >= 15 is 0 Å². The molecule has 0 atom stereocenters. The van der Waals surface area contributed by atoms with Crippen LogP contribution in [0.1, 0.15) is 15.9 Å². The van der Waals surface area contributed by atoms with Gasteiger partial charge in [-0.3, -0.25) is 4.79 Å². The number of carbonyl (C=O) groups is 1. The zero-order chi connectivity index (χ0) is 13.1. The lowest BCUT2D eigenvalue weighted by Gasteiger charge is -2.05.